The molecule has 1 amide bonds. The maximum Gasteiger partial charge on any atom is 0.220 e. The van der Waals surface area contributed by atoms with E-state index in [1.807, 2.05) is 31.7 Å². The van der Waals surface area contributed by atoms with E-state index in [0.717, 1.165) is 23.2 Å². The third-order valence-electron chi connectivity index (χ3n) is 5.06. The SMILES string of the molecule is CC(OC1CC(c2cnn(C)c2)=Cc2ncccc21)C1CNC(=O)C1. The Bertz CT molecular complexity index is 826. The van der Waals surface area contributed by atoms with E-state index in [4.69, 9.17) is 4.74 Å². The van der Waals surface area contributed by atoms with Crippen LogP contribution in [-0.4, -0.2) is 33.3 Å². The molecule has 1 saturated heterocycles. The molecule has 2 aromatic rings. The normalized spacial score (nSPS) is 23.8. The lowest BCUT2D eigenvalue weighted by atomic mass is 9.90. The Hall–Kier alpha value is -2.47. The van der Waals surface area contributed by atoms with Crippen molar-refractivity contribution in [2.24, 2.45) is 13.0 Å². The van der Waals surface area contributed by atoms with Gasteiger partial charge in [-0.3, -0.25) is 14.5 Å². The van der Waals surface area contributed by atoms with E-state index < -0.39 is 0 Å². The van der Waals surface area contributed by atoms with Crippen molar-refractivity contribution in [1.82, 2.24) is 20.1 Å². The topological polar surface area (TPSA) is 69.0 Å². The lowest BCUT2D eigenvalue weighted by Crippen LogP contribution is -2.26. The van der Waals surface area contributed by atoms with E-state index in [2.05, 4.69) is 34.5 Å². The van der Waals surface area contributed by atoms with Crippen molar-refractivity contribution in [3.05, 3.63) is 47.5 Å². The molecule has 1 aliphatic heterocycles. The van der Waals surface area contributed by atoms with Gasteiger partial charge in [0.2, 0.25) is 5.91 Å². The van der Waals surface area contributed by atoms with Crippen LogP contribution in [-0.2, 0) is 16.6 Å². The minimum atomic E-state index is -0.0605. The van der Waals surface area contributed by atoms with Crippen molar-refractivity contribution >= 4 is 17.6 Å². The second-order valence-corrected chi connectivity index (χ2v) is 6.85. The summed E-state index contributed by atoms with van der Waals surface area (Å²) in [6.45, 7) is 2.75. The van der Waals surface area contributed by atoms with E-state index in [1.54, 1.807) is 4.68 Å². The number of carbonyl (C=O) groups is 1. The molecule has 1 N–H and O–H groups in total. The van der Waals surface area contributed by atoms with Crippen LogP contribution in [0.4, 0.5) is 0 Å². The number of amides is 1. The van der Waals surface area contributed by atoms with Crippen molar-refractivity contribution in [2.75, 3.05) is 6.54 Å². The fourth-order valence-corrected chi connectivity index (χ4v) is 3.60. The van der Waals surface area contributed by atoms with Crippen LogP contribution in [0.5, 0.6) is 0 Å². The van der Waals surface area contributed by atoms with Crippen LogP contribution in [0.2, 0.25) is 0 Å². The van der Waals surface area contributed by atoms with E-state index in [-0.39, 0.29) is 24.0 Å². The second-order valence-electron chi connectivity index (χ2n) is 6.85. The molecule has 4 rings (SSSR count). The molecular formula is C19H22N4O2. The highest BCUT2D eigenvalue weighted by Gasteiger charge is 2.31. The molecule has 0 saturated carbocycles. The summed E-state index contributed by atoms with van der Waals surface area (Å²) in [7, 11) is 1.92. The second kappa shape index (κ2) is 6.44. The molecule has 0 radical (unpaired) electrons. The predicted octanol–water partition coefficient (Wildman–Crippen LogP) is 2.34. The lowest BCUT2D eigenvalue weighted by molar-refractivity contribution is -0.119. The van der Waals surface area contributed by atoms with Crippen LogP contribution in [0, 0.1) is 5.92 Å². The number of aromatic nitrogens is 3. The molecule has 25 heavy (non-hydrogen) atoms. The fourth-order valence-electron chi connectivity index (χ4n) is 3.60. The highest BCUT2D eigenvalue weighted by molar-refractivity contribution is 5.83. The van der Waals surface area contributed by atoms with Crippen molar-refractivity contribution in [2.45, 2.75) is 32.0 Å². The third-order valence-corrected chi connectivity index (χ3v) is 5.06. The molecule has 6 nitrogen and oxygen atoms in total. The molecule has 6 heteroatoms. The number of carbonyl (C=O) groups excluding carboxylic acids is 1. The van der Waals surface area contributed by atoms with Gasteiger partial charge in [0.05, 0.1) is 24.1 Å². The molecule has 3 atom stereocenters. The molecule has 2 aliphatic rings. The summed E-state index contributed by atoms with van der Waals surface area (Å²) in [5, 5.41) is 7.16. The number of aryl methyl sites for hydroxylation is 1. The Morgan fingerprint density at radius 1 is 1.40 bits per heavy atom. The summed E-state index contributed by atoms with van der Waals surface area (Å²) < 4.78 is 8.21. The van der Waals surface area contributed by atoms with Gasteiger partial charge in [-0.2, -0.15) is 5.10 Å². The van der Waals surface area contributed by atoms with Crippen LogP contribution in [0.15, 0.2) is 30.7 Å². The first-order valence-corrected chi connectivity index (χ1v) is 8.67. The van der Waals surface area contributed by atoms with Gasteiger partial charge in [-0.1, -0.05) is 6.07 Å². The number of rotatable bonds is 4. The van der Waals surface area contributed by atoms with Gasteiger partial charge < -0.3 is 10.1 Å². The molecule has 0 bridgehead atoms. The van der Waals surface area contributed by atoms with Gasteiger partial charge in [-0.15, -0.1) is 0 Å². The molecule has 0 spiro atoms. The molecule has 1 fully saturated rings. The lowest BCUT2D eigenvalue weighted by Gasteiger charge is -2.29. The number of fused-ring (bicyclic) bond motifs is 1. The Morgan fingerprint density at radius 3 is 3.00 bits per heavy atom. The van der Waals surface area contributed by atoms with Crippen LogP contribution in [0.25, 0.3) is 11.6 Å². The van der Waals surface area contributed by atoms with E-state index in [9.17, 15) is 4.79 Å². The summed E-state index contributed by atoms with van der Waals surface area (Å²) >= 11 is 0. The smallest absolute Gasteiger partial charge is 0.220 e. The standard InChI is InChI=1S/C19H22N4O2/c1-12(14-8-19(24)21-9-14)25-18-7-13(15-10-22-23(2)11-15)6-17-16(18)4-3-5-20-17/h3-6,10-12,14,18H,7-9H2,1-2H3,(H,21,24). The van der Waals surface area contributed by atoms with Crippen molar-refractivity contribution in [1.29, 1.82) is 0 Å². The quantitative estimate of drug-likeness (QED) is 0.929. The highest BCUT2D eigenvalue weighted by Crippen LogP contribution is 2.39. The third kappa shape index (κ3) is 3.22. The summed E-state index contributed by atoms with van der Waals surface area (Å²) in [4.78, 5) is 16.0. The molecule has 1 aliphatic carbocycles. The van der Waals surface area contributed by atoms with Gasteiger partial charge in [-0.25, -0.2) is 0 Å². The maximum absolute atomic E-state index is 11.5. The van der Waals surface area contributed by atoms with Crippen molar-refractivity contribution < 1.29 is 9.53 Å². The zero-order valence-corrected chi connectivity index (χ0v) is 14.5. The summed E-state index contributed by atoms with van der Waals surface area (Å²) in [6.07, 6.45) is 9.08. The maximum atomic E-state index is 11.5. The van der Waals surface area contributed by atoms with Crippen LogP contribution in [0.3, 0.4) is 0 Å². The number of nitrogens with one attached hydrogen (secondary N) is 1. The zero-order valence-electron chi connectivity index (χ0n) is 14.5. The number of pyridine rings is 1. The van der Waals surface area contributed by atoms with E-state index >= 15 is 0 Å². The molecule has 3 unspecified atom stereocenters. The molecule has 130 valence electrons. The average molecular weight is 338 g/mol. The molecular weight excluding hydrogens is 316 g/mol. The monoisotopic (exact) mass is 338 g/mol. The minimum absolute atomic E-state index is 0.00487. The summed E-state index contributed by atoms with van der Waals surface area (Å²) in [6, 6.07) is 4.03. The van der Waals surface area contributed by atoms with Crippen molar-refractivity contribution in [3.8, 4) is 0 Å². The van der Waals surface area contributed by atoms with Gasteiger partial charge in [0, 0.05) is 55.9 Å². The Morgan fingerprint density at radius 2 is 2.28 bits per heavy atom. The van der Waals surface area contributed by atoms with Gasteiger partial charge >= 0.3 is 0 Å². The van der Waals surface area contributed by atoms with Gasteiger partial charge in [0.1, 0.15) is 0 Å². The van der Waals surface area contributed by atoms with E-state index in [0.29, 0.717) is 13.0 Å². The number of hydrogen-bond acceptors (Lipinski definition) is 4. The molecule has 0 aromatic carbocycles. The zero-order chi connectivity index (χ0) is 17.4. The summed E-state index contributed by atoms with van der Waals surface area (Å²) in [5.74, 6) is 0.336. The predicted molar refractivity (Wildman–Crippen MR) is 94.3 cm³/mol. The molecule has 3 heterocycles. The van der Waals surface area contributed by atoms with Crippen LogP contribution >= 0.6 is 0 Å². The minimum Gasteiger partial charge on any atom is -0.370 e. The van der Waals surface area contributed by atoms with Crippen LogP contribution in [0.1, 0.15) is 42.7 Å². The Balaban J connectivity index is 1.59. The highest BCUT2D eigenvalue weighted by atomic mass is 16.5. The van der Waals surface area contributed by atoms with E-state index in [1.165, 1.54) is 5.57 Å². The largest absolute Gasteiger partial charge is 0.370 e. The van der Waals surface area contributed by atoms with Crippen LogP contribution < -0.4 is 5.32 Å². The first-order valence-electron chi connectivity index (χ1n) is 8.67. The van der Waals surface area contributed by atoms with Crippen molar-refractivity contribution in [3.63, 3.8) is 0 Å². The average Bonchev–Trinajstić information content (AvgIpc) is 3.23. The van der Waals surface area contributed by atoms with Gasteiger partial charge in [0.15, 0.2) is 0 Å². The molecule has 2 aromatic heterocycles. The Kier molecular flexibility index (Phi) is 4.13. The first-order chi connectivity index (χ1) is 12.1. The van der Waals surface area contributed by atoms with Gasteiger partial charge in [0.25, 0.3) is 0 Å². The fraction of sp³-hybridized carbons (Fsp3) is 0.421. The summed E-state index contributed by atoms with van der Waals surface area (Å²) in [5.41, 5.74) is 4.33. The number of ether oxygens (including phenoxy) is 1. The van der Waals surface area contributed by atoms with Gasteiger partial charge in [-0.05, 0) is 24.6 Å². The number of hydrogen-bond donors (Lipinski definition) is 1. The Labute approximate surface area is 146 Å². The number of nitrogens with zero attached hydrogens (tertiary/aromatic N) is 3. The first kappa shape index (κ1) is 16.0.